The van der Waals surface area contributed by atoms with E-state index in [0.717, 1.165) is 11.3 Å². The first-order valence-corrected chi connectivity index (χ1v) is 6.78. The average Bonchev–Trinajstić information content (AvgIpc) is 2.50. The third-order valence-electron chi connectivity index (χ3n) is 3.17. The van der Waals surface area contributed by atoms with E-state index in [1.807, 2.05) is 24.3 Å². The largest absolute Gasteiger partial charge is 0.497 e. The summed E-state index contributed by atoms with van der Waals surface area (Å²) in [6.45, 7) is 0.314. The number of nitrogen functional groups attached to an aromatic ring is 1. The number of ether oxygens (including phenoxy) is 1. The number of fused-ring (bicyclic) bond motifs is 1. The molecule has 0 spiro atoms. The Labute approximate surface area is 130 Å². The number of anilines is 1. The Kier molecular flexibility index (Phi) is 3.64. The zero-order valence-corrected chi connectivity index (χ0v) is 12.4. The number of nitrogens with two attached hydrogens (primary N) is 1. The van der Waals surface area contributed by atoms with Crippen molar-refractivity contribution in [3.8, 4) is 5.75 Å². The molecule has 0 saturated carbocycles. The molecule has 2 aromatic heterocycles. The standard InChI is InChI=1S/C14H12ClN5O2/c1-22-9-4-2-8(3-5-9)7-20-10(21)6-17-11-12(15)18-14(16)19-13(11)20/h2-6H,7H2,1H3,(H2,16,18,19). The van der Waals surface area contributed by atoms with Crippen LogP contribution in [0.5, 0.6) is 5.75 Å². The van der Waals surface area contributed by atoms with Crippen LogP contribution < -0.4 is 16.0 Å². The van der Waals surface area contributed by atoms with E-state index in [1.54, 1.807) is 7.11 Å². The Morgan fingerprint density at radius 2 is 2.00 bits per heavy atom. The molecule has 0 aliphatic rings. The van der Waals surface area contributed by atoms with Gasteiger partial charge in [-0.2, -0.15) is 9.97 Å². The van der Waals surface area contributed by atoms with Gasteiger partial charge in [0.1, 0.15) is 11.3 Å². The molecule has 7 nitrogen and oxygen atoms in total. The van der Waals surface area contributed by atoms with E-state index in [-0.39, 0.29) is 16.7 Å². The van der Waals surface area contributed by atoms with Crippen molar-refractivity contribution < 1.29 is 4.74 Å². The fraction of sp³-hybridized carbons (Fsp3) is 0.143. The molecule has 0 fully saturated rings. The number of hydrogen-bond acceptors (Lipinski definition) is 6. The quantitative estimate of drug-likeness (QED) is 0.735. The van der Waals surface area contributed by atoms with Gasteiger partial charge >= 0.3 is 0 Å². The lowest BCUT2D eigenvalue weighted by Gasteiger charge is -2.10. The molecule has 0 amide bonds. The van der Waals surface area contributed by atoms with Crippen LogP contribution in [0, 0.1) is 0 Å². The molecular weight excluding hydrogens is 306 g/mol. The lowest BCUT2D eigenvalue weighted by Crippen LogP contribution is -2.22. The molecule has 0 bridgehead atoms. The second-order valence-electron chi connectivity index (χ2n) is 4.58. The van der Waals surface area contributed by atoms with Crippen molar-refractivity contribution in [2.45, 2.75) is 6.54 Å². The van der Waals surface area contributed by atoms with Gasteiger partial charge in [0.15, 0.2) is 10.8 Å². The minimum Gasteiger partial charge on any atom is -0.497 e. The minimum absolute atomic E-state index is 0.00613. The molecular formula is C14H12ClN5O2. The summed E-state index contributed by atoms with van der Waals surface area (Å²) in [5, 5.41) is 0.117. The SMILES string of the molecule is COc1ccc(Cn2c(=O)cnc3c(Cl)nc(N)nc32)cc1. The maximum absolute atomic E-state index is 12.1. The highest BCUT2D eigenvalue weighted by Gasteiger charge is 2.11. The van der Waals surface area contributed by atoms with Crippen molar-refractivity contribution in [3.05, 3.63) is 51.5 Å². The molecule has 3 rings (SSSR count). The van der Waals surface area contributed by atoms with Crippen molar-refractivity contribution in [2.75, 3.05) is 12.8 Å². The fourth-order valence-electron chi connectivity index (χ4n) is 2.09. The summed E-state index contributed by atoms with van der Waals surface area (Å²) >= 11 is 6.00. The lowest BCUT2D eigenvalue weighted by atomic mass is 10.2. The van der Waals surface area contributed by atoms with Crippen LogP contribution in [-0.4, -0.2) is 26.6 Å². The van der Waals surface area contributed by atoms with Gasteiger partial charge in [0.05, 0.1) is 19.9 Å². The van der Waals surface area contributed by atoms with Gasteiger partial charge in [0.2, 0.25) is 5.95 Å². The molecule has 112 valence electrons. The van der Waals surface area contributed by atoms with Gasteiger partial charge in [-0.15, -0.1) is 0 Å². The number of aromatic nitrogens is 4. The van der Waals surface area contributed by atoms with Crippen LogP contribution in [-0.2, 0) is 6.54 Å². The topological polar surface area (TPSA) is 95.9 Å². The van der Waals surface area contributed by atoms with E-state index in [4.69, 9.17) is 22.1 Å². The number of rotatable bonds is 3. The molecule has 8 heteroatoms. The first kappa shape index (κ1) is 14.3. The van der Waals surface area contributed by atoms with Crippen molar-refractivity contribution in [1.82, 2.24) is 19.5 Å². The van der Waals surface area contributed by atoms with Gasteiger partial charge in [-0.1, -0.05) is 23.7 Å². The molecule has 2 heterocycles. The van der Waals surface area contributed by atoms with Gasteiger partial charge in [0, 0.05) is 0 Å². The molecule has 0 aliphatic heterocycles. The summed E-state index contributed by atoms with van der Waals surface area (Å²) in [4.78, 5) is 24.0. The molecule has 0 radical (unpaired) electrons. The number of benzene rings is 1. The predicted molar refractivity (Wildman–Crippen MR) is 83.1 cm³/mol. The van der Waals surface area contributed by atoms with Gasteiger partial charge < -0.3 is 10.5 Å². The van der Waals surface area contributed by atoms with Gasteiger partial charge in [0.25, 0.3) is 5.56 Å². The highest BCUT2D eigenvalue weighted by Crippen LogP contribution is 2.18. The Hall–Kier alpha value is -2.67. The van der Waals surface area contributed by atoms with Gasteiger partial charge in [-0.3, -0.25) is 9.36 Å². The maximum atomic E-state index is 12.1. The maximum Gasteiger partial charge on any atom is 0.270 e. The van der Waals surface area contributed by atoms with Crippen molar-refractivity contribution in [1.29, 1.82) is 0 Å². The average molecular weight is 318 g/mol. The Morgan fingerprint density at radius 1 is 1.27 bits per heavy atom. The summed E-state index contributed by atoms with van der Waals surface area (Å²) in [5.74, 6) is 0.735. The summed E-state index contributed by atoms with van der Waals surface area (Å²) in [5.41, 5.74) is 6.86. The van der Waals surface area contributed by atoms with Crippen LogP contribution in [0.2, 0.25) is 5.15 Å². The molecule has 3 aromatic rings. The third kappa shape index (κ3) is 2.58. The second kappa shape index (κ2) is 5.61. The Bertz CT molecular complexity index is 892. The van der Waals surface area contributed by atoms with Gasteiger partial charge in [-0.05, 0) is 17.7 Å². The molecule has 22 heavy (non-hydrogen) atoms. The first-order chi connectivity index (χ1) is 10.6. The molecule has 0 atom stereocenters. The molecule has 0 saturated heterocycles. The van der Waals surface area contributed by atoms with E-state index in [1.165, 1.54) is 10.8 Å². The van der Waals surface area contributed by atoms with Crippen LogP contribution in [0.15, 0.2) is 35.3 Å². The summed E-state index contributed by atoms with van der Waals surface area (Å²) in [7, 11) is 1.59. The normalized spacial score (nSPS) is 10.8. The first-order valence-electron chi connectivity index (χ1n) is 6.40. The predicted octanol–water partition coefficient (Wildman–Crippen LogP) is 1.48. The molecule has 0 unspecified atom stereocenters. The van der Waals surface area contributed by atoms with E-state index < -0.39 is 0 Å². The second-order valence-corrected chi connectivity index (χ2v) is 4.93. The summed E-state index contributed by atoms with van der Waals surface area (Å²) in [6, 6.07) is 7.37. The molecule has 0 aliphatic carbocycles. The van der Waals surface area contributed by atoms with Crippen LogP contribution in [0.3, 0.4) is 0 Å². The highest BCUT2D eigenvalue weighted by atomic mass is 35.5. The fourth-order valence-corrected chi connectivity index (χ4v) is 2.31. The lowest BCUT2D eigenvalue weighted by molar-refractivity contribution is 0.414. The number of methoxy groups -OCH3 is 1. The minimum atomic E-state index is -0.294. The van der Waals surface area contributed by atoms with Crippen molar-refractivity contribution >= 4 is 28.7 Å². The number of hydrogen-bond donors (Lipinski definition) is 1. The molecule has 1 aromatic carbocycles. The number of nitrogens with zero attached hydrogens (tertiary/aromatic N) is 4. The smallest absolute Gasteiger partial charge is 0.270 e. The number of halogens is 1. The van der Waals surface area contributed by atoms with E-state index in [0.29, 0.717) is 17.7 Å². The zero-order valence-electron chi connectivity index (χ0n) is 11.7. The van der Waals surface area contributed by atoms with Crippen molar-refractivity contribution in [3.63, 3.8) is 0 Å². The monoisotopic (exact) mass is 317 g/mol. The third-order valence-corrected chi connectivity index (χ3v) is 3.43. The van der Waals surface area contributed by atoms with E-state index >= 15 is 0 Å². The Morgan fingerprint density at radius 3 is 2.68 bits per heavy atom. The van der Waals surface area contributed by atoms with Crippen LogP contribution in [0.1, 0.15) is 5.56 Å². The van der Waals surface area contributed by atoms with E-state index in [9.17, 15) is 4.79 Å². The van der Waals surface area contributed by atoms with Crippen LogP contribution >= 0.6 is 11.6 Å². The molecule has 2 N–H and O–H groups in total. The highest BCUT2D eigenvalue weighted by molar-refractivity contribution is 6.33. The van der Waals surface area contributed by atoms with Crippen LogP contribution in [0.25, 0.3) is 11.2 Å². The summed E-state index contributed by atoms with van der Waals surface area (Å²) in [6.07, 6.45) is 1.19. The zero-order chi connectivity index (χ0) is 15.7. The van der Waals surface area contributed by atoms with Gasteiger partial charge in [-0.25, -0.2) is 4.98 Å². The Balaban J connectivity index is 2.12. The van der Waals surface area contributed by atoms with Crippen molar-refractivity contribution in [2.24, 2.45) is 0 Å². The van der Waals surface area contributed by atoms with E-state index in [2.05, 4.69) is 15.0 Å². The summed E-state index contributed by atoms with van der Waals surface area (Å²) < 4.78 is 6.56. The van der Waals surface area contributed by atoms with Crippen LogP contribution in [0.4, 0.5) is 5.95 Å².